The zero-order valence-electron chi connectivity index (χ0n) is 23.2. The summed E-state index contributed by atoms with van der Waals surface area (Å²) < 4.78 is 53.9. The van der Waals surface area contributed by atoms with Crippen LogP contribution in [0.15, 0.2) is 28.7 Å². The summed E-state index contributed by atoms with van der Waals surface area (Å²) in [6, 6.07) is 0.563. The van der Waals surface area contributed by atoms with Crippen LogP contribution in [0.5, 0.6) is 0 Å². The minimum absolute atomic E-state index is 0.206. The van der Waals surface area contributed by atoms with Gasteiger partial charge in [0.25, 0.3) is 0 Å². The highest BCUT2D eigenvalue weighted by Gasteiger charge is 2.46. The van der Waals surface area contributed by atoms with E-state index in [0.29, 0.717) is 60.6 Å². The second-order valence-corrected chi connectivity index (χ2v) is 13.0. The topological polar surface area (TPSA) is 57.6 Å². The van der Waals surface area contributed by atoms with Crippen LogP contribution in [-0.4, -0.2) is 85.1 Å². The number of piperazine rings is 1. The van der Waals surface area contributed by atoms with E-state index >= 15 is 0 Å². The van der Waals surface area contributed by atoms with Crippen LogP contribution in [0.25, 0.3) is 0 Å². The Morgan fingerprint density at radius 1 is 1.26 bits per heavy atom. The first-order chi connectivity index (χ1) is 18.1. The summed E-state index contributed by atoms with van der Waals surface area (Å²) >= 11 is 7.80. The number of benzene rings is 1. The number of aliphatic imine (C=N–C) groups is 1. The first-order valence-corrected chi connectivity index (χ1v) is 14.2. The monoisotopic (exact) mass is 588 g/mol. The number of hydrogen-bond donors (Lipinski definition) is 0. The zero-order valence-corrected chi connectivity index (χ0v) is 24.8. The summed E-state index contributed by atoms with van der Waals surface area (Å²) in [5.41, 5.74) is -0.855. The molecule has 0 unspecified atom stereocenters. The van der Waals surface area contributed by atoms with Gasteiger partial charge in [-0.15, -0.1) is 11.8 Å². The molecule has 3 heterocycles. The number of amides is 1. The Kier molecular flexibility index (Phi) is 8.20. The van der Waals surface area contributed by atoms with E-state index in [0.717, 1.165) is 6.07 Å². The number of carbonyl (C=O) groups excluding carboxylic acids is 1. The van der Waals surface area contributed by atoms with E-state index in [9.17, 15) is 18.0 Å². The molecule has 1 spiro atoms. The van der Waals surface area contributed by atoms with Crippen molar-refractivity contribution in [1.29, 1.82) is 0 Å². The second-order valence-electron chi connectivity index (χ2n) is 11.6. The fourth-order valence-electron chi connectivity index (χ4n) is 5.45. The molecule has 1 amide bonds. The van der Waals surface area contributed by atoms with Crippen molar-refractivity contribution in [3.63, 3.8) is 0 Å². The van der Waals surface area contributed by atoms with Crippen LogP contribution in [-0.2, 0) is 15.7 Å². The summed E-state index contributed by atoms with van der Waals surface area (Å²) in [5.74, 6) is 0.982. The molecule has 7 nitrogen and oxygen atoms in total. The predicted octanol–water partition coefficient (Wildman–Crippen LogP) is 6.14. The lowest BCUT2D eigenvalue weighted by atomic mass is 9.87. The molecule has 0 radical (unpaired) electrons. The summed E-state index contributed by atoms with van der Waals surface area (Å²) in [6.07, 6.45) is -3.44. The Balaban J connectivity index is 1.78. The molecule has 2 saturated heterocycles. The van der Waals surface area contributed by atoms with E-state index < -0.39 is 23.4 Å². The molecule has 3 aliphatic heterocycles. The molecule has 4 rings (SSSR count). The molecule has 12 heteroatoms. The minimum Gasteiger partial charge on any atom is -0.444 e. The quantitative estimate of drug-likeness (QED) is 0.306. The summed E-state index contributed by atoms with van der Waals surface area (Å²) in [6.45, 7) is 15.5. The van der Waals surface area contributed by atoms with Gasteiger partial charge < -0.3 is 19.3 Å². The Morgan fingerprint density at radius 2 is 1.87 bits per heavy atom. The molecule has 216 valence electrons. The number of carbonyl (C=O) groups is 1. The van der Waals surface area contributed by atoms with Crippen molar-refractivity contribution in [2.75, 3.05) is 50.5 Å². The number of rotatable bonds is 2. The molecular formula is C27H36ClF3N4O3S. The number of thioether (sulfide) groups is 1. The van der Waals surface area contributed by atoms with Gasteiger partial charge in [-0.3, -0.25) is 9.89 Å². The van der Waals surface area contributed by atoms with Gasteiger partial charge in [0, 0.05) is 43.4 Å². The van der Waals surface area contributed by atoms with Gasteiger partial charge in [-0.1, -0.05) is 18.2 Å². The van der Waals surface area contributed by atoms with E-state index in [2.05, 4.69) is 11.6 Å². The van der Waals surface area contributed by atoms with Crippen molar-refractivity contribution in [2.24, 2.45) is 10.4 Å². The molecule has 0 aromatic heterocycles. The Morgan fingerprint density at radius 3 is 2.33 bits per heavy atom. The fraction of sp³-hybridized carbons (Fsp3) is 0.630. The molecule has 39 heavy (non-hydrogen) atoms. The lowest BCUT2D eigenvalue weighted by Crippen LogP contribution is -2.60. The van der Waals surface area contributed by atoms with Crippen LogP contribution >= 0.6 is 23.4 Å². The first-order valence-electron chi connectivity index (χ1n) is 12.9. The molecule has 0 saturated carbocycles. The molecular weight excluding hydrogens is 553 g/mol. The number of halogens is 4. The largest absolute Gasteiger partial charge is 0.444 e. The maximum atomic E-state index is 14.3. The van der Waals surface area contributed by atoms with Gasteiger partial charge >= 0.3 is 12.3 Å². The second kappa shape index (κ2) is 10.7. The van der Waals surface area contributed by atoms with Gasteiger partial charge in [-0.2, -0.15) is 13.2 Å². The van der Waals surface area contributed by atoms with Gasteiger partial charge in [-0.25, -0.2) is 4.79 Å². The molecule has 1 aromatic rings. The average molecular weight is 589 g/mol. The molecule has 0 bridgehead atoms. The highest BCUT2D eigenvalue weighted by molar-refractivity contribution is 7.99. The molecule has 0 N–H and O–H groups in total. The van der Waals surface area contributed by atoms with E-state index in [1.54, 1.807) is 18.1 Å². The molecule has 1 aromatic carbocycles. The van der Waals surface area contributed by atoms with Gasteiger partial charge in [-0.05, 0) is 46.9 Å². The lowest BCUT2D eigenvalue weighted by Gasteiger charge is -2.46. The third-order valence-corrected chi connectivity index (χ3v) is 9.08. The number of alkyl halides is 3. The van der Waals surface area contributed by atoms with Crippen molar-refractivity contribution in [2.45, 2.75) is 63.4 Å². The summed E-state index contributed by atoms with van der Waals surface area (Å²) in [7, 11) is 1.57. The van der Waals surface area contributed by atoms with Crippen molar-refractivity contribution < 1.29 is 27.4 Å². The summed E-state index contributed by atoms with van der Waals surface area (Å²) in [5, 5.41) is -0.317. The van der Waals surface area contributed by atoms with Gasteiger partial charge in [0.05, 0.1) is 46.5 Å². The molecule has 2 fully saturated rings. The molecule has 3 aliphatic rings. The van der Waals surface area contributed by atoms with Crippen molar-refractivity contribution in [3.8, 4) is 0 Å². The van der Waals surface area contributed by atoms with E-state index in [1.807, 2.05) is 44.4 Å². The standard InChI is InChI=1S/C27H36ClF3N4O3S/c1-8-33-12-26(13-37-14-26)15-39-22-20(28)19(27(29,30)31)9-18(21(22)33)23(32-7)34-10-16(2)35(17(3)11-34)24(36)38-25(4,5)6/h8-9,16-17H,1,10-15H2,2-7H3/t16-,17+. The minimum atomic E-state index is -4.65. The molecule has 0 aliphatic carbocycles. The van der Waals surface area contributed by atoms with Crippen molar-refractivity contribution in [1.82, 2.24) is 9.80 Å². The highest BCUT2D eigenvalue weighted by atomic mass is 35.5. The van der Waals surface area contributed by atoms with Crippen molar-refractivity contribution >= 4 is 41.0 Å². The van der Waals surface area contributed by atoms with E-state index in [4.69, 9.17) is 21.1 Å². The van der Waals surface area contributed by atoms with Gasteiger partial charge in [0.1, 0.15) is 11.4 Å². The smallest absolute Gasteiger partial charge is 0.417 e. The number of ether oxygens (including phenoxy) is 2. The van der Waals surface area contributed by atoms with Crippen LogP contribution < -0.4 is 4.90 Å². The number of anilines is 1. The van der Waals surface area contributed by atoms with E-state index in [1.165, 1.54) is 11.8 Å². The average Bonchev–Trinajstić information content (AvgIpc) is 2.96. The van der Waals surface area contributed by atoms with Crippen LogP contribution in [0, 0.1) is 5.41 Å². The molecule has 2 atom stereocenters. The van der Waals surface area contributed by atoms with Crippen LogP contribution in [0.4, 0.5) is 23.7 Å². The number of hydrogen-bond acceptors (Lipinski definition) is 6. The summed E-state index contributed by atoms with van der Waals surface area (Å²) in [4.78, 5) is 23.3. The van der Waals surface area contributed by atoms with Gasteiger partial charge in [0.2, 0.25) is 0 Å². The van der Waals surface area contributed by atoms with Crippen LogP contribution in [0.2, 0.25) is 5.02 Å². The number of fused-ring (bicyclic) bond motifs is 1. The normalized spacial score (nSPS) is 23.7. The van der Waals surface area contributed by atoms with Crippen LogP contribution in [0.3, 0.4) is 0 Å². The maximum absolute atomic E-state index is 14.3. The Bertz CT molecular complexity index is 1150. The Hall–Kier alpha value is -2.11. The maximum Gasteiger partial charge on any atom is 0.417 e. The lowest BCUT2D eigenvalue weighted by molar-refractivity contribution is -0.137. The SMILES string of the molecule is C=CN1CC2(COC2)CSc2c(Cl)c(C(F)(F)F)cc(C(=NC)N3C[C@@H](C)N(C(=O)OC(C)(C)C)[C@@H](C)C3)c21. The van der Waals surface area contributed by atoms with E-state index in [-0.39, 0.29) is 22.5 Å². The number of amidine groups is 1. The Labute approximate surface area is 237 Å². The predicted molar refractivity (Wildman–Crippen MR) is 149 cm³/mol. The fourth-order valence-corrected chi connectivity index (χ4v) is 7.18. The third-order valence-electron chi connectivity index (χ3n) is 7.13. The van der Waals surface area contributed by atoms with Crippen LogP contribution in [0.1, 0.15) is 45.7 Å². The third kappa shape index (κ3) is 5.86. The zero-order chi connectivity index (χ0) is 28.9. The van der Waals surface area contributed by atoms with Crippen molar-refractivity contribution in [3.05, 3.63) is 35.0 Å². The number of nitrogens with zero attached hydrogens (tertiary/aromatic N) is 4. The highest BCUT2D eigenvalue weighted by Crippen LogP contribution is 2.51. The van der Waals surface area contributed by atoms with Gasteiger partial charge in [0.15, 0.2) is 0 Å². The first kappa shape index (κ1) is 29.9.